The van der Waals surface area contributed by atoms with Gasteiger partial charge in [-0.05, 0) is 0 Å². The molecule has 0 radical (unpaired) electrons. The molecule has 0 amide bonds. The average Bonchev–Trinajstić information content (AvgIpc) is 2.78. The van der Waals surface area contributed by atoms with Crippen molar-refractivity contribution in [3.63, 3.8) is 0 Å². The van der Waals surface area contributed by atoms with Crippen LogP contribution in [0.5, 0.6) is 0 Å². The zero-order chi connectivity index (χ0) is 10.6. The molecule has 0 aromatic carbocycles. The second-order valence-electron chi connectivity index (χ2n) is 3.96. The fraction of sp³-hybridized carbons (Fsp3) is 0.778. The van der Waals surface area contributed by atoms with Crippen molar-refractivity contribution in [1.82, 2.24) is 0 Å². The normalized spacial score (nSPS) is 45.7. The lowest BCUT2D eigenvalue weighted by atomic mass is 9.87. The first-order valence-corrected chi connectivity index (χ1v) is 4.82. The zero-order valence-electron chi connectivity index (χ0n) is 7.72. The monoisotopic (exact) mass is 216 g/mol. The molecule has 2 bridgehead atoms. The summed E-state index contributed by atoms with van der Waals surface area (Å²) in [4.78, 5) is 22.2. The maximum atomic E-state index is 12.0. The molecule has 5 atom stereocenters. The summed E-state index contributed by atoms with van der Waals surface area (Å²) in [7, 11) is 0. The minimum absolute atomic E-state index is 0.201. The van der Waals surface area contributed by atoms with E-state index < -0.39 is 30.6 Å². The van der Waals surface area contributed by atoms with E-state index in [1.165, 1.54) is 0 Å². The highest BCUT2D eigenvalue weighted by Gasteiger charge is 2.65. The Morgan fingerprint density at radius 1 is 1.53 bits per heavy atom. The van der Waals surface area contributed by atoms with Crippen LogP contribution >= 0.6 is 0 Å². The van der Waals surface area contributed by atoms with Gasteiger partial charge in [0.1, 0.15) is 24.2 Å². The SMILES string of the molecule is O=C(CF)OC1C2CC3OC(=O)C1C3O2. The van der Waals surface area contributed by atoms with E-state index in [1.807, 2.05) is 0 Å². The molecule has 3 heterocycles. The second kappa shape index (κ2) is 2.91. The molecule has 82 valence electrons. The van der Waals surface area contributed by atoms with Gasteiger partial charge in [0.25, 0.3) is 0 Å². The van der Waals surface area contributed by atoms with Crippen LogP contribution in [0, 0.1) is 5.92 Å². The molecule has 3 rings (SSSR count). The highest BCUT2D eigenvalue weighted by molar-refractivity contribution is 5.79. The number of alkyl halides is 1. The molecular weight excluding hydrogens is 207 g/mol. The largest absolute Gasteiger partial charge is 0.459 e. The van der Waals surface area contributed by atoms with E-state index >= 15 is 0 Å². The molecule has 15 heavy (non-hydrogen) atoms. The van der Waals surface area contributed by atoms with Crippen molar-refractivity contribution >= 4 is 11.9 Å². The van der Waals surface area contributed by atoms with E-state index in [4.69, 9.17) is 14.2 Å². The Balaban J connectivity index is 1.80. The Hall–Kier alpha value is -1.17. The van der Waals surface area contributed by atoms with E-state index in [9.17, 15) is 14.0 Å². The van der Waals surface area contributed by atoms with Crippen molar-refractivity contribution in [1.29, 1.82) is 0 Å². The molecule has 3 fully saturated rings. The summed E-state index contributed by atoms with van der Waals surface area (Å²) in [5, 5.41) is 0. The standard InChI is InChI=1S/C9H9FO5/c10-2-5(11)15-8-3-1-4-7(13-3)6(8)9(12)14-4/h3-4,6-8H,1-2H2. The maximum absolute atomic E-state index is 12.0. The predicted octanol–water partition coefficient (Wildman–Crippen LogP) is -0.420. The van der Waals surface area contributed by atoms with Gasteiger partial charge < -0.3 is 14.2 Å². The van der Waals surface area contributed by atoms with Crippen LogP contribution in [0.25, 0.3) is 0 Å². The average molecular weight is 216 g/mol. The van der Waals surface area contributed by atoms with Crippen molar-refractivity contribution in [3.05, 3.63) is 0 Å². The zero-order valence-corrected chi connectivity index (χ0v) is 7.72. The third-order valence-electron chi connectivity index (χ3n) is 3.15. The van der Waals surface area contributed by atoms with Gasteiger partial charge in [0, 0.05) is 6.42 Å². The number of esters is 2. The molecule has 3 aliphatic rings. The van der Waals surface area contributed by atoms with Crippen LogP contribution < -0.4 is 0 Å². The van der Waals surface area contributed by atoms with Crippen molar-refractivity contribution in [2.75, 3.05) is 6.67 Å². The first-order valence-electron chi connectivity index (χ1n) is 4.82. The molecule has 3 aliphatic heterocycles. The van der Waals surface area contributed by atoms with Gasteiger partial charge in [-0.15, -0.1) is 0 Å². The molecule has 0 N–H and O–H groups in total. The van der Waals surface area contributed by atoms with Crippen LogP contribution in [-0.4, -0.2) is 43.0 Å². The van der Waals surface area contributed by atoms with Crippen LogP contribution in [0.4, 0.5) is 4.39 Å². The lowest BCUT2D eigenvalue weighted by molar-refractivity contribution is -0.157. The van der Waals surface area contributed by atoms with Crippen LogP contribution in [0.15, 0.2) is 0 Å². The number of carbonyl (C=O) groups excluding carboxylic acids is 2. The minimum Gasteiger partial charge on any atom is -0.459 e. The fourth-order valence-corrected chi connectivity index (χ4v) is 2.60. The Bertz CT molecular complexity index is 328. The summed E-state index contributed by atoms with van der Waals surface area (Å²) in [6, 6.07) is 0. The Morgan fingerprint density at radius 3 is 3.07 bits per heavy atom. The number of hydrogen-bond acceptors (Lipinski definition) is 5. The van der Waals surface area contributed by atoms with E-state index in [0.29, 0.717) is 6.42 Å². The highest BCUT2D eigenvalue weighted by Crippen LogP contribution is 2.47. The lowest BCUT2D eigenvalue weighted by Crippen LogP contribution is -2.39. The number of rotatable bonds is 2. The second-order valence-corrected chi connectivity index (χ2v) is 3.96. The smallest absolute Gasteiger partial charge is 0.337 e. The summed E-state index contributed by atoms with van der Waals surface area (Å²) >= 11 is 0. The van der Waals surface area contributed by atoms with Crippen LogP contribution in [0.1, 0.15) is 6.42 Å². The van der Waals surface area contributed by atoms with Crippen molar-refractivity contribution in [2.45, 2.75) is 30.8 Å². The van der Waals surface area contributed by atoms with E-state index in [-0.39, 0.29) is 18.3 Å². The number of carbonyl (C=O) groups is 2. The molecular formula is C9H9FO5. The highest BCUT2D eigenvalue weighted by atomic mass is 19.1. The van der Waals surface area contributed by atoms with E-state index in [2.05, 4.69) is 0 Å². The summed E-state index contributed by atoms with van der Waals surface area (Å²) in [5.74, 6) is -1.90. The molecule has 5 unspecified atom stereocenters. The minimum atomic E-state index is -1.18. The molecule has 0 saturated carbocycles. The molecule has 0 aliphatic carbocycles. The van der Waals surface area contributed by atoms with Gasteiger partial charge >= 0.3 is 11.9 Å². The van der Waals surface area contributed by atoms with Gasteiger partial charge in [-0.1, -0.05) is 0 Å². The van der Waals surface area contributed by atoms with Crippen molar-refractivity contribution in [3.8, 4) is 0 Å². The van der Waals surface area contributed by atoms with E-state index in [0.717, 1.165) is 0 Å². The number of fused-ring (bicyclic) bond motifs is 1. The van der Waals surface area contributed by atoms with Gasteiger partial charge in [-0.3, -0.25) is 4.79 Å². The Kier molecular flexibility index (Phi) is 1.76. The first-order chi connectivity index (χ1) is 7.20. The number of hydrogen-bond donors (Lipinski definition) is 0. The molecule has 0 spiro atoms. The third-order valence-corrected chi connectivity index (χ3v) is 3.15. The summed E-state index contributed by atoms with van der Waals surface area (Å²) < 4.78 is 27.3. The van der Waals surface area contributed by atoms with Gasteiger partial charge in [0.05, 0.1) is 6.10 Å². The Morgan fingerprint density at radius 2 is 2.33 bits per heavy atom. The van der Waals surface area contributed by atoms with Crippen LogP contribution in [-0.2, 0) is 23.8 Å². The van der Waals surface area contributed by atoms with Crippen LogP contribution in [0.2, 0.25) is 0 Å². The van der Waals surface area contributed by atoms with Crippen molar-refractivity contribution < 1.29 is 28.2 Å². The van der Waals surface area contributed by atoms with Gasteiger partial charge in [0.15, 0.2) is 6.67 Å². The third kappa shape index (κ3) is 1.11. The molecule has 6 heteroatoms. The maximum Gasteiger partial charge on any atom is 0.337 e. The predicted molar refractivity (Wildman–Crippen MR) is 42.5 cm³/mol. The van der Waals surface area contributed by atoms with E-state index in [1.54, 1.807) is 0 Å². The number of ether oxygens (including phenoxy) is 3. The first kappa shape index (κ1) is 9.08. The molecule has 0 aromatic heterocycles. The molecule has 5 nitrogen and oxygen atoms in total. The summed E-state index contributed by atoms with van der Waals surface area (Å²) in [5.41, 5.74) is 0. The summed E-state index contributed by atoms with van der Waals surface area (Å²) in [6.07, 6.45) is -0.943. The molecule has 3 saturated heterocycles. The summed E-state index contributed by atoms with van der Waals surface area (Å²) in [6.45, 7) is -1.18. The van der Waals surface area contributed by atoms with Gasteiger partial charge in [-0.2, -0.15) is 0 Å². The van der Waals surface area contributed by atoms with Crippen molar-refractivity contribution in [2.24, 2.45) is 5.92 Å². The molecule has 0 aromatic rings. The van der Waals surface area contributed by atoms with Gasteiger partial charge in [0.2, 0.25) is 0 Å². The van der Waals surface area contributed by atoms with Crippen LogP contribution in [0.3, 0.4) is 0 Å². The Labute approximate surface area is 84.5 Å². The van der Waals surface area contributed by atoms with Gasteiger partial charge in [-0.25, -0.2) is 9.18 Å². The number of halogens is 1. The lowest BCUT2D eigenvalue weighted by Gasteiger charge is -2.20. The topological polar surface area (TPSA) is 61.8 Å². The fourth-order valence-electron chi connectivity index (χ4n) is 2.60. The quantitative estimate of drug-likeness (QED) is 0.587.